The second kappa shape index (κ2) is 4.41. The molecule has 0 saturated heterocycles. The Balaban J connectivity index is 3.38. The highest BCUT2D eigenvalue weighted by Gasteiger charge is 2.12. The number of halogens is 2. The Labute approximate surface area is 98.9 Å². The minimum absolute atomic E-state index is 0.000116. The fourth-order valence-electron chi connectivity index (χ4n) is 1.05. The van der Waals surface area contributed by atoms with Crippen molar-refractivity contribution in [1.82, 2.24) is 0 Å². The van der Waals surface area contributed by atoms with Crippen LogP contribution in [0, 0.1) is 3.57 Å². The van der Waals surface area contributed by atoms with Gasteiger partial charge in [-0.2, -0.15) is 0 Å². The summed E-state index contributed by atoms with van der Waals surface area (Å²) in [5.74, 6) is 0.617. The Morgan fingerprint density at radius 3 is 2.62 bits per heavy atom. The number of benzene rings is 1. The number of hydrogen-bond donors (Lipinski definition) is 0. The molecule has 0 amide bonds. The third kappa shape index (κ3) is 2.43. The van der Waals surface area contributed by atoms with Gasteiger partial charge in [0.15, 0.2) is 5.78 Å². The molecule has 13 heavy (non-hydrogen) atoms. The second-order valence-corrected chi connectivity index (χ2v) is 4.62. The van der Waals surface area contributed by atoms with Crippen molar-refractivity contribution in [3.8, 4) is 5.75 Å². The van der Waals surface area contributed by atoms with Gasteiger partial charge in [0, 0.05) is 8.04 Å². The average molecular weight is 355 g/mol. The van der Waals surface area contributed by atoms with Gasteiger partial charge >= 0.3 is 0 Å². The first kappa shape index (κ1) is 11.0. The molecule has 2 nitrogen and oxygen atoms in total. The van der Waals surface area contributed by atoms with Crippen LogP contribution in [0.5, 0.6) is 5.75 Å². The van der Waals surface area contributed by atoms with E-state index in [1.54, 1.807) is 7.11 Å². The van der Waals surface area contributed by atoms with Crippen LogP contribution in [0.25, 0.3) is 0 Å². The molecular formula is C9H8BrIO2. The van der Waals surface area contributed by atoms with Crippen LogP contribution < -0.4 is 4.74 Å². The molecule has 70 valence electrons. The summed E-state index contributed by atoms with van der Waals surface area (Å²) in [6.07, 6.45) is 0. The van der Waals surface area contributed by atoms with Gasteiger partial charge in [0.2, 0.25) is 0 Å². The highest BCUT2D eigenvalue weighted by molar-refractivity contribution is 14.1. The standard InChI is InChI=1S/C9H8BrIO2/c1-5(12)9-7(10)3-6(11)4-8(9)13-2/h3-4H,1-2H3. The summed E-state index contributed by atoms with van der Waals surface area (Å²) >= 11 is 5.51. The van der Waals surface area contributed by atoms with Crippen LogP contribution in [0.4, 0.5) is 0 Å². The molecule has 0 bridgehead atoms. The minimum atomic E-state index is 0.000116. The number of ether oxygens (including phenoxy) is 1. The zero-order valence-corrected chi connectivity index (χ0v) is 11.0. The summed E-state index contributed by atoms with van der Waals surface area (Å²) in [6.45, 7) is 1.52. The first-order valence-corrected chi connectivity index (χ1v) is 5.47. The quantitative estimate of drug-likeness (QED) is 0.602. The summed E-state index contributed by atoms with van der Waals surface area (Å²) in [5.41, 5.74) is 0.600. The van der Waals surface area contributed by atoms with Crippen LogP contribution in [0.2, 0.25) is 0 Å². The van der Waals surface area contributed by atoms with Crippen molar-refractivity contribution in [3.63, 3.8) is 0 Å². The predicted octanol–water partition coefficient (Wildman–Crippen LogP) is 3.26. The van der Waals surface area contributed by atoms with Crippen molar-refractivity contribution < 1.29 is 9.53 Å². The Morgan fingerprint density at radius 1 is 1.54 bits per heavy atom. The lowest BCUT2D eigenvalue weighted by Crippen LogP contribution is -1.99. The first-order chi connectivity index (χ1) is 6.06. The number of hydrogen-bond acceptors (Lipinski definition) is 2. The van der Waals surface area contributed by atoms with E-state index in [1.807, 2.05) is 12.1 Å². The smallest absolute Gasteiger partial charge is 0.164 e. The SMILES string of the molecule is COc1cc(I)cc(Br)c1C(C)=O. The van der Waals surface area contributed by atoms with Gasteiger partial charge in [0.25, 0.3) is 0 Å². The number of methoxy groups -OCH3 is 1. The summed E-state index contributed by atoms with van der Waals surface area (Å²) in [6, 6.07) is 3.72. The molecule has 0 aliphatic carbocycles. The Bertz CT molecular complexity index is 350. The molecule has 0 N–H and O–H groups in total. The number of Topliss-reactive ketones (excluding diaryl/α,β-unsaturated/α-hetero) is 1. The second-order valence-electron chi connectivity index (χ2n) is 2.52. The maximum atomic E-state index is 11.2. The van der Waals surface area contributed by atoms with E-state index in [1.165, 1.54) is 6.92 Å². The number of ketones is 1. The Hall–Kier alpha value is -0.100. The fraction of sp³-hybridized carbons (Fsp3) is 0.222. The van der Waals surface area contributed by atoms with Crippen LogP contribution in [0.15, 0.2) is 16.6 Å². The van der Waals surface area contributed by atoms with Gasteiger partial charge in [-0.05, 0) is 57.6 Å². The van der Waals surface area contributed by atoms with Gasteiger partial charge in [0.05, 0.1) is 12.7 Å². The van der Waals surface area contributed by atoms with Crippen LogP contribution in [-0.2, 0) is 0 Å². The molecule has 0 heterocycles. The summed E-state index contributed by atoms with van der Waals surface area (Å²) in [5, 5.41) is 0. The normalized spacial score (nSPS) is 9.85. The van der Waals surface area contributed by atoms with Gasteiger partial charge < -0.3 is 4.74 Å². The van der Waals surface area contributed by atoms with E-state index in [9.17, 15) is 4.79 Å². The van der Waals surface area contributed by atoms with E-state index in [2.05, 4.69) is 38.5 Å². The molecule has 0 radical (unpaired) electrons. The highest BCUT2D eigenvalue weighted by Crippen LogP contribution is 2.29. The number of carbonyl (C=O) groups excluding carboxylic acids is 1. The molecule has 4 heteroatoms. The van der Waals surface area contributed by atoms with Gasteiger partial charge in [0.1, 0.15) is 5.75 Å². The molecule has 1 aromatic carbocycles. The third-order valence-corrected chi connectivity index (χ3v) is 2.84. The van der Waals surface area contributed by atoms with E-state index < -0.39 is 0 Å². The van der Waals surface area contributed by atoms with E-state index in [0.29, 0.717) is 11.3 Å². The van der Waals surface area contributed by atoms with Gasteiger partial charge in [-0.15, -0.1) is 0 Å². The molecule has 1 aromatic rings. The summed E-state index contributed by atoms with van der Waals surface area (Å²) in [7, 11) is 1.56. The highest BCUT2D eigenvalue weighted by atomic mass is 127. The van der Waals surface area contributed by atoms with Crippen LogP contribution in [0.1, 0.15) is 17.3 Å². The minimum Gasteiger partial charge on any atom is -0.496 e. The van der Waals surface area contributed by atoms with Crippen molar-refractivity contribution in [2.45, 2.75) is 6.92 Å². The van der Waals surface area contributed by atoms with E-state index in [0.717, 1.165) is 8.04 Å². The largest absolute Gasteiger partial charge is 0.496 e. The van der Waals surface area contributed by atoms with Crippen LogP contribution in [-0.4, -0.2) is 12.9 Å². The van der Waals surface area contributed by atoms with Gasteiger partial charge in [-0.1, -0.05) is 0 Å². The van der Waals surface area contributed by atoms with Crippen molar-refractivity contribution in [2.24, 2.45) is 0 Å². The van der Waals surface area contributed by atoms with Crippen LogP contribution in [0.3, 0.4) is 0 Å². The van der Waals surface area contributed by atoms with Gasteiger partial charge in [-0.3, -0.25) is 4.79 Å². The topological polar surface area (TPSA) is 26.3 Å². The molecule has 0 saturated carbocycles. The summed E-state index contributed by atoms with van der Waals surface area (Å²) in [4.78, 5) is 11.2. The maximum Gasteiger partial charge on any atom is 0.164 e. The van der Waals surface area contributed by atoms with Crippen molar-refractivity contribution in [1.29, 1.82) is 0 Å². The molecule has 0 aromatic heterocycles. The lowest BCUT2D eigenvalue weighted by molar-refractivity contribution is 0.101. The number of rotatable bonds is 2. The average Bonchev–Trinajstić information content (AvgIpc) is 2.01. The fourth-order valence-corrected chi connectivity index (χ4v) is 2.80. The lowest BCUT2D eigenvalue weighted by atomic mass is 10.1. The van der Waals surface area contributed by atoms with Gasteiger partial charge in [-0.25, -0.2) is 0 Å². The molecule has 0 unspecified atom stereocenters. The first-order valence-electron chi connectivity index (χ1n) is 3.60. The zero-order chi connectivity index (χ0) is 10.0. The lowest BCUT2D eigenvalue weighted by Gasteiger charge is -2.08. The van der Waals surface area contributed by atoms with E-state index >= 15 is 0 Å². The summed E-state index contributed by atoms with van der Waals surface area (Å²) < 4.78 is 6.93. The van der Waals surface area contributed by atoms with Crippen molar-refractivity contribution >= 4 is 44.3 Å². The maximum absolute atomic E-state index is 11.2. The molecule has 0 aliphatic rings. The molecule has 0 atom stereocenters. The van der Waals surface area contributed by atoms with Crippen molar-refractivity contribution in [3.05, 3.63) is 25.7 Å². The monoisotopic (exact) mass is 354 g/mol. The molecular weight excluding hydrogens is 347 g/mol. The van der Waals surface area contributed by atoms with Crippen LogP contribution >= 0.6 is 38.5 Å². The third-order valence-electron chi connectivity index (χ3n) is 1.59. The van der Waals surface area contributed by atoms with E-state index in [4.69, 9.17) is 4.74 Å². The molecule has 0 aliphatic heterocycles. The Morgan fingerprint density at radius 2 is 2.15 bits per heavy atom. The molecule has 0 spiro atoms. The number of carbonyl (C=O) groups is 1. The van der Waals surface area contributed by atoms with Crippen molar-refractivity contribution in [2.75, 3.05) is 7.11 Å². The predicted molar refractivity (Wildman–Crippen MR) is 63.4 cm³/mol. The molecule has 1 rings (SSSR count). The Kier molecular flexibility index (Phi) is 3.73. The molecule has 0 fully saturated rings. The zero-order valence-electron chi connectivity index (χ0n) is 7.23. The van der Waals surface area contributed by atoms with E-state index in [-0.39, 0.29) is 5.78 Å².